The van der Waals surface area contributed by atoms with E-state index in [-0.39, 0.29) is 17.0 Å². The zero-order valence-electron chi connectivity index (χ0n) is 12.1. The van der Waals surface area contributed by atoms with E-state index in [0.717, 1.165) is 0 Å². The molecule has 0 aliphatic carbocycles. The number of carbonyl (C=O) groups excluding carboxylic acids is 1. The SMILES string of the molecule is NC1C(=O)N2C(C(=O)O)=C(CSc3ccc4nnnn4n3)CS[C@@H]12. The molecule has 1 saturated heterocycles. The van der Waals surface area contributed by atoms with Gasteiger partial charge in [-0.2, -0.15) is 0 Å². The van der Waals surface area contributed by atoms with Crippen molar-refractivity contribution in [2.75, 3.05) is 11.5 Å². The number of carboxylic acids is 1. The maximum absolute atomic E-state index is 11.9. The molecule has 1 fully saturated rings. The number of thioether (sulfide) groups is 2. The van der Waals surface area contributed by atoms with Gasteiger partial charge in [-0.05, 0) is 28.1 Å². The number of hydrogen-bond acceptors (Lipinski definition) is 9. The van der Waals surface area contributed by atoms with Crippen LogP contribution in [0.3, 0.4) is 0 Å². The molecule has 2 aromatic rings. The summed E-state index contributed by atoms with van der Waals surface area (Å²) in [6.07, 6.45) is 0. The Morgan fingerprint density at radius 2 is 2.33 bits per heavy atom. The molecule has 0 bridgehead atoms. The van der Waals surface area contributed by atoms with Gasteiger partial charge in [0.2, 0.25) is 5.91 Å². The molecular weight excluding hydrogens is 354 g/mol. The summed E-state index contributed by atoms with van der Waals surface area (Å²) in [5, 5.41) is 25.1. The molecule has 0 radical (unpaired) electrons. The number of carbonyl (C=O) groups is 2. The van der Waals surface area contributed by atoms with Gasteiger partial charge >= 0.3 is 5.97 Å². The molecule has 124 valence electrons. The summed E-state index contributed by atoms with van der Waals surface area (Å²) in [4.78, 5) is 24.8. The van der Waals surface area contributed by atoms with Gasteiger partial charge in [0.15, 0.2) is 5.65 Å². The first-order chi connectivity index (χ1) is 11.6. The first-order valence-electron chi connectivity index (χ1n) is 6.90. The normalized spacial score (nSPS) is 23.4. The molecular formula is C12H11N7O3S2. The highest BCUT2D eigenvalue weighted by molar-refractivity contribution is 8.01. The van der Waals surface area contributed by atoms with Crippen molar-refractivity contribution >= 4 is 41.0 Å². The van der Waals surface area contributed by atoms with Crippen molar-refractivity contribution < 1.29 is 14.7 Å². The van der Waals surface area contributed by atoms with E-state index in [1.807, 2.05) is 0 Å². The largest absolute Gasteiger partial charge is 0.477 e. The Balaban J connectivity index is 1.57. The second-order valence-electron chi connectivity index (χ2n) is 5.18. The average Bonchev–Trinajstić information content (AvgIpc) is 3.05. The molecule has 4 rings (SSSR count). The van der Waals surface area contributed by atoms with Crippen LogP contribution < -0.4 is 5.73 Å². The molecule has 2 aromatic heterocycles. The number of nitrogens with zero attached hydrogens (tertiary/aromatic N) is 6. The quantitative estimate of drug-likeness (QED) is 0.522. The summed E-state index contributed by atoms with van der Waals surface area (Å²) < 4.78 is 1.30. The van der Waals surface area contributed by atoms with Crippen LogP contribution in [0.2, 0.25) is 0 Å². The van der Waals surface area contributed by atoms with E-state index in [4.69, 9.17) is 5.73 Å². The van der Waals surface area contributed by atoms with E-state index >= 15 is 0 Å². The minimum absolute atomic E-state index is 0.0430. The molecule has 2 aliphatic rings. The van der Waals surface area contributed by atoms with Crippen LogP contribution >= 0.6 is 23.5 Å². The molecule has 12 heteroatoms. The van der Waals surface area contributed by atoms with Crippen molar-refractivity contribution in [2.45, 2.75) is 16.4 Å². The molecule has 2 atom stereocenters. The minimum atomic E-state index is -1.11. The highest BCUT2D eigenvalue weighted by Gasteiger charge is 2.51. The van der Waals surface area contributed by atoms with Gasteiger partial charge in [-0.3, -0.25) is 9.69 Å². The van der Waals surface area contributed by atoms with E-state index < -0.39 is 12.0 Å². The topological polar surface area (TPSA) is 140 Å². The molecule has 3 N–H and O–H groups in total. The van der Waals surface area contributed by atoms with E-state index in [1.165, 1.54) is 33.1 Å². The molecule has 10 nitrogen and oxygen atoms in total. The fourth-order valence-corrected chi connectivity index (χ4v) is 4.84. The molecule has 1 amide bonds. The lowest BCUT2D eigenvalue weighted by molar-refractivity contribution is -0.147. The van der Waals surface area contributed by atoms with Gasteiger partial charge in [-0.15, -0.1) is 38.4 Å². The van der Waals surface area contributed by atoms with Crippen LogP contribution in [0.15, 0.2) is 28.4 Å². The van der Waals surface area contributed by atoms with E-state index in [0.29, 0.717) is 27.8 Å². The second kappa shape index (κ2) is 5.72. The molecule has 1 unspecified atom stereocenters. The zero-order chi connectivity index (χ0) is 16.8. The predicted molar refractivity (Wildman–Crippen MR) is 85.0 cm³/mol. The molecule has 4 heterocycles. The number of rotatable bonds is 4. The van der Waals surface area contributed by atoms with Crippen LogP contribution in [0.5, 0.6) is 0 Å². The fraction of sp³-hybridized carbons (Fsp3) is 0.333. The number of β-lactam (4-membered cyclic amide) rings is 1. The second-order valence-corrected chi connectivity index (χ2v) is 7.28. The van der Waals surface area contributed by atoms with Gasteiger partial charge in [0.1, 0.15) is 22.1 Å². The highest BCUT2D eigenvalue weighted by atomic mass is 32.2. The third kappa shape index (κ3) is 2.34. The molecule has 0 saturated carbocycles. The van der Waals surface area contributed by atoms with Gasteiger partial charge in [-0.1, -0.05) is 0 Å². The first kappa shape index (κ1) is 15.4. The summed E-state index contributed by atoms with van der Waals surface area (Å²) in [6, 6.07) is 2.87. The lowest BCUT2D eigenvalue weighted by atomic mass is 10.0. The van der Waals surface area contributed by atoms with Crippen molar-refractivity contribution in [3.8, 4) is 0 Å². The van der Waals surface area contributed by atoms with E-state index in [9.17, 15) is 14.7 Å². The van der Waals surface area contributed by atoms with Crippen molar-refractivity contribution in [3.63, 3.8) is 0 Å². The van der Waals surface area contributed by atoms with E-state index in [1.54, 1.807) is 12.1 Å². The molecule has 0 aromatic carbocycles. The summed E-state index contributed by atoms with van der Waals surface area (Å²) in [7, 11) is 0. The Kier molecular flexibility index (Phi) is 3.66. The number of aromatic nitrogens is 5. The van der Waals surface area contributed by atoms with Crippen molar-refractivity contribution in [3.05, 3.63) is 23.4 Å². The number of tetrazole rings is 1. The number of aliphatic carboxylic acids is 1. The number of hydrogen-bond donors (Lipinski definition) is 2. The van der Waals surface area contributed by atoms with E-state index in [2.05, 4.69) is 20.6 Å². The predicted octanol–water partition coefficient (Wildman–Crippen LogP) is -0.808. The fourth-order valence-electron chi connectivity index (χ4n) is 2.56. The van der Waals surface area contributed by atoms with Crippen molar-refractivity contribution in [1.29, 1.82) is 0 Å². The Morgan fingerprint density at radius 3 is 3.12 bits per heavy atom. The minimum Gasteiger partial charge on any atom is -0.477 e. The summed E-state index contributed by atoms with van der Waals surface area (Å²) in [6.45, 7) is 0. The number of nitrogens with two attached hydrogens (primary N) is 1. The standard InChI is InChI=1S/C12H11N7O3S2/c13-8-10(20)18-9(12(21)22)5(4-24-11(8)18)3-23-7-2-1-6-14-16-17-19(6)15-7/h1-2,8,11H,3-4,13H2,(H,21,22)/t8?,11-/m0/s1. The monoisotopic (exact) mass is 365 g/mol. The van der Waals surface area contributed by atoms with Crippen LogP contribution in [0.25, 0.3) is 5.65 Å². The van der Waals surface area contributed by atoms with Crippen molar-refractivity contribution in [1.82, 2.24) is 30.2 Å². The summed E-state index contributed by atoms with van der Waals surface area (Å²) in [5.74, 6) is -0.536. The summed E-state index contributed by atoms with van der Waals surface area (Å²) >= 11 is 2.85. The molecule has 2 aliphatic heterocycles. The smallest absolute Gasteiger partial charge is 0.352 e. The Morgan fingerprint density at radius 1 is 1.50 bits per heavy atom. The van der Waals surface area contributed by atoms with Gasteiger partial charge in [0.05, 0.1) is 0 Å². The highest BCUT2D eigenvalue weighted by Crippen LogP contribution is 2.40. The van der Waals surface area contributed by atoms with Crippen LogP contribution in [0, 0.1) is 0 Å². The Hall–Kier alpha value is -2.18. The van der Waals surface area contributed by atoms with Crippen LogP contribution in [0.1, 0.15) is 0 Å². The van der Waals surface area contributed by atoms with Gasteiger partial charge in [0.25, 0.3) is 0 Å². The zero-order valence-corrected chi connectivity index (χ0v) is 13.7. The molecule has 24 heavy (non-hydrogen) atoms. The third-order valence-corrected chi connectivity index (χ3v) is 6.10. The van der Waals surface area contributed by atoms with Crippen molar-refractivity contribution in [2.24, 2.45) is 5.73 Å². The maximum atomic E-state index is 11.9. The third-order valence-electron chi connectivity index (χ3n) is 3.73. The lowest BCUT2D eigenvalue weighted by Crippen LogP contribution is -2.68. The van der Waals surface area contributed by atoms with Crippen LogP contribution in [-0.4, -0.2) is 70.1 Å². The Bertz CT molecular complexity index is 882. The van der Waals surface area contributed by atoms with Crippen LogP contribution in [-0.2, 0) is 9.59 Å². The lowest BCUT2D eigenvalue weighted by Gasteiger charge is -2.48. The number of carboxylic acid groups (broad SMARTS) is 1. The van der Waals surface area contributed by atoms with Gasteiger partial charge < -0.3 is 10.8 Å². The van der Waals surface area contributed by atoms with Crippen LogP contribution in [0.4, 0.5) is 0 Å². The average molecular weight is 365 g/mol. The van der Waals surface area contributed by atoms with Gasteiger partial charge in [-0.25, -0.2) is 4.79 Å². The number of amides is 1. The Labute approximate surface area is 143 Å². The number of fused-ring (bicyclic) bond motifs is 2. The molecule has 0 spiro atoms. The van der Waals surface area contributed by atoms with Gasteiger partial charge in [0, 0.05) is 11.5 Å². The summed E-state index contributed by atoms with van der Waals surface area (Å²) in [5.41, 5.74) is 6.97. The first-order valence-corrected chi connectivity index (χ1v) is 8.93. The maximum Gasteiger partial charge on any atom is 0.352 e.